The summed E-state index contributed by atoms with van der Waals surface area (Å²) >= 11 is 12.3. The Morgan fingerprint density at radius 1 is 1.08 bits per heavy atom. The van der Waals surface area contributed by atoms with Crippen LogP contribution in [0.1, 0.15) is 11.3 Å². The van der Waals surface area contributed by atoms with Crippen molar-refractivity contribution in [1.29, 1.82) is 0 Å². The van der Waals surface area contributed by atoms with E-state index in [1.54, 1.807) is 18.2 Å². The minimum absolute atomic E-state index is 0.279. The van der Waals surface area contributed by atoms with E-state index in [-0.39, 0.29) is 5.82 Å². The van der Waals surface area contributed by atoms with Gasteiger partial charge in [-0.3, -0.25) is 0 Å². The maximum absolute atomic E-state index is 13.6. The van der Waals surface area contributed by atoms with Crippen LogP contribution in [0.5, 0.6) is 0 Å². The first-order valence-electron chi connectivity index (χ1n) is 7.68. The first-order valence-corrected chi connectivity index (χ1v) is 8.43. The molecular formula is C19H13Cl2FN2O. The normalized spacial score (nSPS) is 11.4. The number of nitrogens with zero attached hydrogens (tertiary/aromatic N) is 2. The van der Waals surface area contributed by atoms with Crippen molar-refractivity contribution in [3.05, 3.63) is 75.7 Å². The van der Waals surface area contributed by atoms with Crippen molar-refractivity contribution >= 4 is 34.2 Å². The van der Waals surface area contributed by atoms with E-state index < -0.39 is 0 Å². The summed E-state index contributed by atoms with van der Waals surface area (Å²) in [6, 6.07) is 13.7. The number of halogens is 3. The van der Waals surface area contributed by atoms with E-state index in [1.807, 2.05) is 29.7 Å². The predicted molar refractivity (Wildman–Crippen MR) is 97.7 cm³/mol. The third-order valence-corrected chi connectivity index (χ3v) is 4.70. The smallest absolute Gasteiger partial charge is 0.177 e. The molecule has 25 heavy (non-hydrogen) atoms. The molecule has 4 aromatic rings. The van der Waals surface area contributed by atoms with Gasteiger partial charge < -0.3 is 8.98 Å². The quantitative estimate of drug-likeness (QED) is 0.433. The highest BCUT2D eigenvalue weighted by Gasteiger charge is 2.17. The summed E-state index contributed by atoms with van der Waals surface area (Å²) in [5, 5.41) is 0.878. The summed E-state index contributed by atoms with van der Waals surface area (Å²) in [5.41, 5.74) is 2.33. The van der Waals surface area contributed by atoms with Gasteiger partial charge in [0.05, 0.1) is 21.1 Å². The highest BCUT2D eigenvalue weighted by Crippen LogP contribution is 2.32. The third kappa shape index (κ3) is 3.03. The van der Waals surface area contributed by atoms with Gasteiger partial charge in [0.1, 0.15) is 11.6 Å². The molecule has 0 spiro atoms. The summed E-state index contributed by atoms with van der Waals surface area (Å²) in [6.45, 7) is 2.30. The minimum atomic E-state index is -0.279. The Hall–Kier alpha value is -2.30. The van der Waals surface area contributed by atoms with Crippen LogP contribution in [0.3, 0.4) is 0 Å². The van der Waals surface area contributed by atoms with Gasteiger partial charge in [0, 0.05) is 6.54 Å². The Balaban J connectivity index is 1.93. The molecule has 2 aromatic heterocycles. The van der Waals surface area contributed by atoms with E-state index >= 15 is 0 Å². The Bertz CT molecular complexity index is 1080. The van der Waals surface area contributed by atoms with E-state index in [1.165, 1.54) is 12.1 Å². The minimum Gasteiger partial charge on any atom is -0.458 e. The van der Waals surface area contributed by atoms with Crippen LogP contribution in [0.15, 0.2) is 52.9 Å². The Morgan fingerprint density at radius 3 is 2.60 bits per heavy atom. The van der Waals surface area contributed by atoms with Gasteiger partial charge in [0.25, 0.3) is 0 Å². The van der Waals surface area contributed by atoms with E-state index in [2.05, 4.69) is 4.98 Å². The van der Waals surface area contributed by atoms with E-state index in [4.69, 9.17) is 27.6 Å². The van der Waals surface area contributed by atoms with Crippen molar-refractivity contribution in [1.82, 2.24) is 9.55 Å². The van der Waals surface area contributed by atoms with E-state index in [9.17, 15) is 4.39 Å². The molecule has 6 heteroatoms. The number of imidazole rings is 1. The molecule has 0 atom stereocenters. The molecule has 0 amide bonds. The highest BCUT2D eigenvalue weighted by molar-refractivity contribution is 6.42. The van der Waals surface area contributed by atoms with Crippen LogP contribution >= 0.6 is 23.2 Å². The fourth-order valence-electron chi connectivity index (χ4n) is 2.84. The van der Waals surface area contributed by atoms with Crippen molar-refractivity contribution in [3.8, 4) is 11.6 Å². The van der Waals surface area contributed by atoms with Crippen LogP contribution in [0.2, 0.25) is 10.0 Å². The molecule has 0 radical (unpaired) electrons. The summed E-state index contributed by atoms with van der Waals surface area (Å²) in [5.74, 6) is 1.79. The topological polar surface area (TPSA) is 31.0 Å². The molecule has 0 unspecified atom stereocenters. The number of rotatable bonds is 3. The fourth-order valence-corrected chi connectivity index (χ4v) is 3.16. The van der Waals surface area contributed by atoms with Gasteiger partial charge >= 0.3 is 0 Å². The number of aromatic nitrogens is 2. The molecule has 0 saturated heterocycles. The zero-order valence-corrected chi connectivity index (χ0v) is 14.8. The van der Waals surface area contributed by atoms with Gasteiger partial charge in [-0.1, -0.05) is 35.3 Å². The molecule has 126 valence electrons. The number of hydrogen-bond donors (Lipinski definition) is 0. The molecular weight excluding hydrogens is 362 g/mol. The lowest BCUT2D eigenvalue weighted by Crippen LogP contribution is -2.02. The first-order chi connectivity index (χ1) is 12.0. The monoisotopic (exact) mass is 374 g/mol. The lowest BCUT2D eigenvalue weighted by Gasteiger charge is -2.09. The van der Waals surface area contributed by atoms with Gasteiger partial charge in [-0.2, -0.15) is 0 Å². The maximum atomic E-state index is 13.6. The molecule has 2 aromatic carbocycles. The SMILES string of the molecule is Cc1ccc(-c2nc3cc(Cl)c(Cl)cc3n2Cc2cccc(F)c2)o1. The third-order valence-electron chi connectivity index (χ3n) is 3.98. The lowest BCUT2D eigenvalue weighted by molar-refractivity contribution is 0.540. The average molecular weight is 375 g/mol. The Kier molecular flexibility index (Phi) is 4.02. The van der Waals surface area contributed by atoms with E-state index in [0.29, 0.717) is 33.7 Å². The predicted octanol–water partition coefficient (Wildman–Crippen LogP) is 6.10. The zero-order chi connectivity index (χ0) is 17.6. The van der Waals surface area contributed by atoms with Crippen molar-refractivity contribution in [2.24, 2.45) is 0 Å². The van der Waals surface area contributed by atoms with Crippen molar-refractivity contribution in [2.45, 2.75) is 13.5 Å². The molecule has 4 rings (SSSR count). The van der Waals surface area contributed by atoms with Crippen LogP contribution in [-0.4, -0.2) is 9.55 Å². The van der Waals surface area contributed by atoms with Crippen molar-refractivity contribution in [3.63, 3.8) is 0 Å². The van der Waals surface area contributed by atoms with Gasteiger partial charge in [0.2, 0.25) is 0 Å². The standard InChI is InChI=1S/C19H13Cl2FN2O/c1-11-5-6-18(25-11)19-23-16-8-14(20)15(21)9-17(16)24(19)10-12-3-2-4-13(22)7-12/h2-9H,10H2,1H3. The van der Waals surface area contributed by atoms with Crippen LogP contribution in [0.25, 0.3) is 22.6 Å². The summed E-state index contributed by atoms with van der Waals surface area (Å²) < 4.78 is 21.3. The van der Waals surface area contributed by atoms with Gasteiger partial charge in [0.15, 0.2) is 11.6 Å². The summed E-state index contributed by atoms with van der Waals surface area (Å²) in [6.07, 6.45) is 0. The molecule has 0 bridgehead atoms. The molecule has 0 aliphatic heterocycles. The molecule has 0 aliphatic rings. The summed E-state index contributed by atoms with van der Waals surface area (Å²) in [7, 11) is 0. The molecule has 0 N–H and O–H groups in total. The zero-order valence-electron chi connectivity index (χ0n) is 13.3. The fraction of sp³-hybridized carbons (Fsp3) is 0.105. The number of benzene rings is 2. The second-order valence-corrected chi connectivity index (χ2v) is 6.63. The number of fused-ring (bicyclic) bond motifs is 1. The number of furan rings is 1. The van der Waals surface area contributed by atoms with Crippen molar-refractivity contribution < 1.29 is 8.81 Å². The Labute approximate surface area is 153 Å². The van der Waals surface area contributed by atoms with Crippen LogP contribution in [0, 0.1) is 12.7 Å². The van der Waals surface area contributed by atoms with Gasteiger partial charge in [-0.15, -0.1) is 0 Å². The molecule has 0 aliphatic carbocycles. The van der Waals surface area contributed by atoms with Crippen LogP contribution < -0.4 is 0 Å². The largest absolute Gasteiger partial charge is 0.458 e. The summed E-state index contributed by atoms with van der Waals surface area (Å²) in [4.78, 5) is 4.65. The number of hydrogen-bond acceptors (Lipinski definition) is 2. The first kappa shape index (κ1) is 16.2. The second-order valence-electron chi connectivity index (χ2n) is 5.82. The second kappa shape index (κ2) is 6.21. The molecule has 0 saturated carbocycles. The molecule has 0 fully saturated rings. The van der Waals surface area contributed by atoms with Crippen LogP contribution in [-0.2, 0) is 6.54 Å². The van der Waals surface area contributed by atoms with Crippen molar-refractivity contribution in [2.75, 3.05) is 0 Å². The van der Waals surface area contributed by atoms with E-state index in [0.717, 1.165) is 16.8 Å². The lowest BCUT2D eigenvalue weighted by atomic mass is 10.2. The molecule has 3 nitrogen and oxygen atoms in total. The number of aryl methyl sites for hydroxylation is 1. The average Bonchev–Trinajstić information content (AvgIpc) is 3.13. The molecule has 2 heterocycles. The van der Waals surface area contributed by atoms with Gasteiger partial charge in [-0.05, 0) is 48.9 Å². The van der Waals surface area contributed by atoms with Gasteiger partial charge in [-0.25, -0.2) is 9.37 Å². The van der Waals surface area contributed by atoms with Crippen LogP contribution in [0.4, 0.5) is 4.39 Å². The highest BCUT2D eigenvalue weighted by atomic mass is 35.5. The maximum Gasteiger partial charge on any atom is 0.177 e. The Morgan fingerprint density at radius 2 is 1.88 bits per heavy atom.